The van der Waals surface area contributed by atoms with Crippen LogP contribution in [-0.4, -0.2) is 49.0 Å². The quantitative estimate of drug-likeness (QED) is 0.491. The number of rotatable bonds is 10. The van der Waals surface area contributed by atoms with Crippen LogP contribution in [-0.2, 0) is 10.0 Å². The van der Waals surface area contributed by atoms with Gasteiger partial charge in [0, 0.05) is 18.7 Å². The molecular weight excluding hydrogens is 432 g/mol. The van der Waals surface area contributed by atoms with Gasteiger partial charge in [0.05, 0.1) is 17.6 Å². The minimum Gasteiger partial charge on any atom is -0.496 e. The van der Waals surface area contributed by atoms with Crippen LogP contribution in [0.5, 0.6) is 5.75 Å². The van der Waals surface area contributed by atoms with Gasteiger partial charge in [0.15, 0.2) is 0 Å². The van der Waals surface area contributed by atoms with Gasteiger partial charge in [-0.1, -0.05) is 37.5 Å². The van der Waals surface area contributed by atoms with Gasteiger partial charge in [-0.15, -0.1) is 5.10 Å². The molecule has 0 fully saturated rings. The van der Waals surface area contributed by atoms with E-state index in [0.717, 1.165) is 12.8 Å². The SMILES string of the molecule is CCCCN(CC)S(=O)(=O)c1ccc(C(=O)Nc2nnc(-c3ccccc3OC)o2)cc1. The highest BCUT2D eigenvalue weighted by Gasteiger charge is 2.23. The molecule has 32 heavy (non-hydrogen) atoms. The van der Waals surface area contributed by atoms with Crippen molar-refractivity contribution >= 4 is 21.9 Å². The number of carbonyl (C=O) groups excluding carboxylic acids is 1. The Bertz CT molecular complexity index is 1160. The van der Waals surface area contributed by atoms with Crippen LogP contribution in [0.2, 0.25) is 0 Å². The number of para-hydroxylation sites is 1. The van der Waals surface area contributed by atoms with E-state index in [9.17, 15) is 13.2 Å². The van der Waals surface area contributed by atoms with Crippen LogP contribution in [0, 0.1) is 0 Å². The summed E-state index contributed by atoms with van der Waals surface area (Å²) >= 11 is 0. The van der Waals surface area contributed by atoms with Crippen LogP contribution < -0.4 is 10.1 Å². The number of ether oxygens (including phenoxy) is 1. The van der Waals surface area contributed by atoms with Gasteiger partial charge in [-0.2, -0.15) is 4.31 Å². The molecule has 170 valence electrons. The number of methoxy groups -OCH3 is 1. The second-order valence-electron chi connectivity index (χ2n) is 6.94. The lowest BCUT2D eigenvalue weighted by Gasteiger charge is -2.20. The largest absolute Gasteiger partial charge is 0.496 e. The fourth-order valence-electron chi connectivity index (χ4n) is 3.08. The molecule has 0 saturated heterocycles. The minimum absolute atomic E-state index is 0.0793. The summed E-state index contributed by atoms with van der Waals surface area (Å²) in [6.45, 7) is 4.66. The smallest absolute Gasteiger partial charge is 0.322 e. The highest BCUT2D eigenvalue weighted by atomic mass is 32.2. The Morgan fingerprint density at radius 1 is 1.09 bits per heavy atom. The monoisotopic (exact) mass is 458 g/mol. The molecule has 10 heteroatoms. The van der Waals surface area contributed by atoms with Gasteiger partial charge in [-0.3, -0.25) is 10.1 Å². The Morgan fingerprint density at radius 3 is 2.47 bits per heavy atom. The van der Waals surface area contributed by atoms with Crippen LogP contribution in [0.3, 0.4) is 0 Å². The first-order chi connectivity index (χ1) is 15.4. The summed E-state index contributed by atoms with van der Waals surface area (Å²) in [5, 5.41) is 10.3. The van der Waals surface area contributed by atoms with Crippen LogP contribution >= 0.6 is 0 Å². The van der Waals surface area contributed by atoms with Crippen molar-refractivity contribution in [3.8, 4) is 17.2 Å². The van der Waals surface area contributed by atoms with Crippen molar-refractivity contribution in [3.05, 3.63) is 54.1 Å². The van der Waals surface area contributed by atoms with Crippen molar-refractivity contribution < 1.29 is 22.4 Å². The molecule has 1 amide bonds. The molecule has 0 unspecified atom stereocenters. The van der Waals surface area contributed by atoms with Gasteiger partial charge in [0.1, 0.15) is 5.75 Å². The molecule has 9 nitrogen and oxygen atoms in total. The number of aromatic nitrogens is 2. The summed E-state index contributed by atoms with van der Waals surface area (Å²) in [6, 6.07) is 12.8. The van der Waals surface area contributed by atoms with Crippen molar-refractivity contribution in [2.75, 3.05) is 25.5 Å². The molecular formula is C22H26N4O5S. The Hall–Kier alpha value is -3.24. The van der Waals surface area contributed by atoms with Crippen molar-refractivity contribution in [1.82, 2.24) is 14.5 Å². The zero-order chi connectivity index (χ0) is 23.1. The summed E-state index contributed by atoms with van der Waals surface area (Å²) in [5.41, 5.74) is 0.860. The zero-order valence-corrected chi connectivity index (χ0v) is 19.1. The summed E-state index contributed by atoms with van der Waals surface area (Å²) < 4.78 is 37.9. The molecule has 0 spiro atoms. The number of unbranched alkanes of at least 4 members (excludes halogenated alkanes) is 1. The standard InChI is InChI=1S/C22H26N4O5S/c1-4-6-15-26(5-2)32(28,29)17-13-11-16(12-14-17)20(27)23-22-25-24-21(31-22)18-9-7-8-10-19(18)30-3/h7-14H,4-6,15H2,1-3H3,(H,23,25,27). The first-order valence-corrected chi connectivity index (χ1v) is 11.7. The second-order valence-corrected chi connectivity index (χ2v) is 8.88. The maximum Gasteiger partial charge on any atom is 0.322 e. The number of anilines is 1. The van der Waals surface area contributed by atoms with Gasteiger partial charge in [0.25, 0.3) is 11.8 Å². The molecule has 1 heterocycles. The molecule has 2 aromatic carbocycles. The minimum atomic E-state index is -3.61. The predicted molar refractivity (Wildman–Crippen MR) is 120 cm³/mol. The highest BCUT2D eigenvalue weighted by Crippen LogP contribution is 2.29. The van der Waals surface area contributed by atoms with E-state index in [0.29, 0.717) is 24.4 Å². The van der Waals surface area contributed by atoms with Crippen LogP contribution in [0.15, 0.2) is 57.8 Å². The molecule has 3 rings (SSSR count). The number of sulfonamides is 1. The molecule has 0 radical (unpaired) electrons. The fourth-order valence-corrected chi connectivity index (χ4v) is 4.57. The van der Waals surface area contributed by atoms with E-state index in [-0.39, 0.29) is 22.4 Å². The van der Waals surface area contributed by atoms with E-state index in [1.54, 1.807) is 25.1 Å². The maximum atomic E-state index is 12.8. The molecule has 0 aliphatic heterocycles. The van der Waals surface area contributed by atoms with Gasteiger partial charge >= 0.3 is 6.01 Å². The van der Waals surface area contributed by atoms with Crippen molar-refractivity contribution in [2.24, 2.45) is 0 Å². The zero-order valence-electron chi connectivity index (χ0n) is 18.2. The lowest BCUT2D eigenvalue weighted by molar-refractivity contribution is 0.102. The van der Waals surface area contributed by atoms with Crippen molar-refractivity contribution in [2.45, 2.75) is 31.6 Å². The maximum absolute atomic E-state index is 12.8. The Labute approximate surface area is 187 Å². The summed E-state index contributed by atoms with van der Waals surface area (Å²) in [5.74, 6) is 0.263. The third-order valence-electron chi connectivity index (χ3n) is 4.85. The molecule has 0 aliphatic carbocycles. The summed E-state index contributed by atoms with van der Waals surface area (Å²) in [7, 11) is -2.08. The van der Waals surface area contributed by atoms with Crippen molar-refractivity contribution in [3.63, 3.8) is 0 Å². The molecule has 1 aromatic heterocycles. The second kappa shape index (κ2) is 10.4. The van der Waals surface area contributed by atoms with Crippen molar-refractivity contribution in [1.29, 1.82) is 0 Å². The van der Waals surface area contributed by atoms with Crippen LogP contribution in [0.1, 0.15) is 37.0 Å². The average molecular weight is 459 g/mol. The van der Waals surface area contributed by atoms with E-state index in [1.807, 2.05) is 13.0 Å². The number of amides is 1. The number of carbonyl (C=O) groups is 1. The molecule has 3 aromatic rings. The fraction of sp³-hybridized carbons (Fsp3) is 0.318. The lowest BCUT2D eigenvalue weighted by atomic mass is 10.2. The Morgan fingerprint density at radius 2 is 1.81 bits per heavy atom. The average Bonchev–Trinajstić information content (AvgIpc) is 3.27. The number of hydrogen-bond acceptors (Lipinski definition) is 7. The van der Waals surface area contributed by atoms with Gasteiger partial charge < -0.3 is 9.15 Å². The van der Waals surface area contributed by atoms with Gasteiger partial charge in [-0.25, -0.2) is 8.42 Å². The topological polar surface area (TPSA) is 115 Å². The third-order valence-corrected chi connectivity index (χ3v) is 6.84. The number of nitrogens with zero attached hydrogens (tertiary/aromatic N) is 3. The van der Waals surface area contributed by atoms with Crippen LogP contribution in [0.4, 0.5) is 6.01 Å². The van der Waals surface area contributed by atoms with Gasteiger partial charge in [-0.05, 0) is 42.8 Å². The molecule has 0 saturated carbocycles. The number of benzene rings is 2. The molecule has 0 atom stereocenters. The normalized spacial score (nSPS) is 11.5. The summed E-state index contributed by atoms with van der Waals surface area (Å²) in [6.07, 6.45) is 1.69. The first kappa shape index (κ1) is 23.4. The number of nitrogens with one attached hydrogen (secondary N) is 1. The van der Waals surface area contributed by atoms with Crippen LogP contribution in [0.25, 0.3) is 11.5 Å². The van der Waals surface area contributed by atoms with E-state index >= 15 is 0 Å². The van der Waals surface area contributed by atoms with E-state index in [4.69, 9.17) is 9.15 Å². The highest BCUT2D eigenvalue weighted by molar-refractivity contribution is 7.89. The lowest BCUT2D eigenvalue weighted by Crippen LogP contribution is -2.31. The van der Waals surface area contributed by atoms with E-state index in [1.165, 1.54) is 35.7 Å². The van der Waals surface area contributed by atoms with E-state index in [2.05, 4.69) is 15.5 Å². The first-order valence-electron chi connectivity index (χ1n) is 10.3. The molecule has 0 aliphatic rings. The van der Waals surface area contributed by atoms with E-state index < -0.39 is 15.9 Å². The predicted octanol–water partition coefficient (Wildman–Crippen LogP) is 3.81. The third kappa shape index (κ3) is 5.14. The Balaban J connectivity index is 1.72. The Kier molecular flexibility index (Phi) is 7.60. The van der Waals surface area contributed by atoms with Gasteiger partial charge in [0.2, 0.25) is 10.0 Å². The summed E-state index contributed by atoms with van der Waals surface area (Å²) in [4.78, 5) is 12.7. The number of hydrogen-bond donors (Lipinski definition) is 1. The molecule has 1 N–H and O–H groups in total. The molecule has 0 bridgehead atoms.